The highest BCUT2D eigenvalue weighted by molar-refractivity contribution is 6.30. The lowest BCUT2D eigenvalue weighted by molar-refractivity contribution is -0.120. The van der Waals surface area contributed by atoms with E-state index < -0.39 is 6.10 Å². The molecule has 1 atom stereocenters. The fourth-order valence-corrected chi connectivity index (χ4v) is 2.17. The Bertz CT molecular complexity index is 569. The van der Waals surface area contributed by atoms with Gasteiger partial charge in [0.2, 0.25) is 5.91 Å². The highest BCUT2D eigenvalue weighted by Gasteiger charge is 2.08. The van der Waals surface area contributed by atoms with Crippen molar-refractivity contribution in [1.29, 1.82) is 0 Å². The van der Waals surface area contributed by atoms with E-state index in [0.29, 0.717) is 24.4 Å². The van der Waals surface area contributed by atoms with E-state index in [1.54, 1.807) is 12.1 Å². The maximum atomic E-state index is 11.8. The highest BCUT2D eigenvalue weighted by atomic mass is 35.5. The zero-order chi connectivity index (χ0) is 15.1. The number of hydrogen-bond donors (Lipinski definition) is 2. The van der Waals surface area contributed by atoms with Gasteiger partial charge in [0.15, 0.2) is 0 Å². The molecule has 3 nitrogen and oxygen atoms in total. The van der Waals surface area contributed by atoms with Gasteiger partial charge in [0.25, 0.3) is 0 Å². The molecule has 0 aliphatic heterocycles. The molecule has 1 unspecified atom stereocenters. The normalized spacial score (nSPS) is 11.9. The Hall–Kier alpha value is -1.84. The number of nitrogens with one attached hydrogen (secondary N) is 1. The lowest BCUT2D eigenvalue weighted by Crippen LogP contribution is -2.27. The molecule has 0 radical (unpaired) electrons. The van der Waals surface area contributed by atoms with Crippen LogP contribution in [0.5, 0.6) is 0 Å². The van der Waals surface area contributed by atoms with Crippen LogP contribution in [0.2, 0.25) is 5.02 Å². The summed E-state index contributed by atoms with van der Waals surface area (Å²) in [7, 11) is 0. The van der Waals surface area contributed by atoms with Crippen LogP contribution in [0.3, 0.4) is 0 Å². The van der Waals surface area contributed by atoms with Crippen molar-refractivity contribution in [3.63, 3.8) is 0 Å². The van der Waals surface area contributed by atoms with E-state index in [1.807, 2.05) is 42.5 Å². The molecular formula is C17H18ClNO2. The first-order valence-corrected chi connectivity index (χ1v) is 7.27. The van der Waals surface area contributed by atoms with E-state index >= 15 is 0 Å². The number of carbonyl (C=O) groups is 1. The lowest BCUT2D eigenvalue weighted by Gasteiger charge is -2.11. The molecular weight excluding hydrogens is 286 g/mol. The van der Waals surface area contributed by atoms with Gasteiger partial charge in [-0.3, -0.25) is 4.79 Å². The molecule has 0 heterocycles. The fourth-order valence-electron chi connectivity index (χ4n) is 2.04. The Labute approximate surface area is 129 Å². The molecule has 0 fully saturated rings. The first-order valence-electron chi connectivity index (χ1n) is 6.89. The van der Waals surface area contributed by atoms with Crippen molar-refractivity contribution in [3.8, 4) is 0 Å². The second-order valence-corrected chi connectivity index (χ2v) is 5.30. The van der Waals surface area contributed by atoms with Crippen molar-refractivity contribution >= 4 is 17.5 Å². The second-order valence-electron chi connectivity index (χ2n) is 4.87. The summed E-state index contributed by atoms with van der Waals surface area (Å²) < 4.78 is 0. The van der Waals surface area contributed by atoms with Gasteiger partial charge in [0, 0.05) is 11.6 Å². The maximum absolute atomic E-state index is 11.8. The van der Waals surface area contributed by atoms with Crippen LogP contribution in [-0.2, 0) is 11.2 Å². The minimum atomic E-state index is -0.554. The molecule has 2 rings (SSSR count). The first kappa shape index (κ1) is 15.5. The third-order valence-electron chi connectivity index (χ3n) is 3.20. The van der Waals surface area contributed by atoms with E-state index in [2.05, 4.69) is 5.32 Å². The number of carbonyl (C=O) groups excluding carboxylic acids is 1. The quantitative estimate of drug-likeness (QED) is 0.861. The molecule has 0 saturated heterocycles. The predicted octanol–water partition coefficient (Wildman–Crippen LogP) is 3.12. The number of aliphatic hydroxyl groups excluding tert-OH is 1. The molecule has 0 saturated carbocycles. The summed E-state index contributed by atoms with van der Waals surface area (Å²) in [6, 6.07) is 16.6. The van der Waals surface area contributed by atoms with Crippen LogP contribution in [0.15, 0.2) is 54.6 Å². The van der Waals surface area contributed by atoms with Gasteiger partial charge in [-0.1, -0.05) is 54.1 Å². The Morgan fingerprint density at radius 3 is 2.43 bits per heavy atom. The number of halogens is 1. The number of rotatable bonds is 6. The molecule has 0 aliphatic carbocycles. The molecule has 0 bridgehead atoms. The third kappa shape index (κ3) is 5.21. The van der Waals surface area contributed by atoms with Crippen LogP contribution in [0.4, 0.5) is 0 Å². The van der Waals surface area contributed by atoms with Gasteiger partial charge in [-0.25, -0.2) is 0 Å². The summed E-state index contributed by atoms with van der Waals surface area (Å²) in [5.74, 6) is -0.0578. The molecule has 0 aromatic heterocycles. The number of aliphatic hydroxyl groups is 1. The second kappa shape index (κ2) is 7.81. The van der Waals surface area contributed by atoms with E-state index in [4.69, 9.17) is 11.6 Å². The number of hydrogen-bond acceptors (Lipinski definition) is 2. The van der Waals surface area contributed by atoms with Gasteiger partial charge in [-0.2, -0.15) is 0 Å². The zero-order valence-corrected chi connectivity index (χ0v) is 12.4. The maximum Gasteiger partial charge on any atom is 0.224 e. The Morgan fingerprint density at radius 1 is 1.10 bits per heavy atom. The number of benzene rings is 2. The topological polar surface area (TPSA) is 49.3 Å². The van der Waals surface area contributed by atoms with Gasteiger partial charge in [-0.05, 0) is 29.7 Å². The van der Waals surface area contributed by atoms with Crippen LogP contribution in [-0.4, -0.2) is 17.6 Å². The summed E-state index contributed by atoms with van der Waals surface area (Å²) in [5, 5.41) is 13.5. The summed E-state index contributed by atoms with van der Waals surface area (Å²) in [6.45, 7) is 0.447. The SMILES string of the molecule is O=C(Cc1ccc(Cl)cc1)NCCC(O)c1ccccc1. The monoisotopic (exact) mass is 303 g/mol. The van der Waals surface area contributed by atoms with Crippen molar-refractivity contribution in [1.82, 2.24) is 5.32 Å². The summed E-state index contributed by atoms with van der Waals surface area (Å²) in [6.07, 6.45) is 0.261. The first-order chi connectivity index (χ1) is 10.1. The average Bonchev–Trinajstić information content (AvgIpc) is 2.50. The predicted molar refractivity (Wildman–Crippen MR) is 84.2 cm³/mol. The van der Waals surface area contributed by atoms with E-state index in [1.165, 1.54) is 0 Å². The Morgan fingerprint density at radius 2 is 1.76 bits per heavy atom. The molecule has 110 valence electrons. The van der Waals surface area contributed by atoms with Crippen molar-refractivity contribution in [2.24, 2.45) is 0 Å². The Balaban J connectivity index is 1.73. The van der Waals surface area contributed by atoms with Crippen LogP contribution >= 0.6 is 11.6 Å². The minimum absolute atomic E-state index is 0.0578. The molecule has 2 aromatic carbocycles. The van der Waals surface area contributed by atoms with E-state index in [0.717, 1.165) is 11.1 Å². The van der Waals surface area contributed by atoms with Crippen LogP contribution in [0.1, 0.15) is 23.7 Å². The van der Waals surface area contributed by atoms with Crippen molar-refractivity contribution < 1.29 is 9.90 Å². The third-order valence-corrected chi connectivity index (χ3v) is 3.45. The molecule has 0 aliphatic rings. The lowest BCUT2D eigenvalue weighted by atomic mass is 10.1. The highest BCUT2D eigenvalue weighted by Crippen LogP contribution is 2.15. The minimum Gasteiger partial charge on any atom is -0.388 e. The van der Waals surface area contributed by atoms with Crippen molar-refractivity contribution in [2.75, 3.05) is 6.54 Å². The van der Waals surface area contributed by atoms with Gasteiger partial charge >= 0.3 is 0 Å². The summed E-state index contributed by atoms with van der Waals surface area (Å²) in [5.41, 5.74) is 1.78. The largest absolute Gasteiger partial charge is 0.388 e. The summed E-state index contributed by atoms with van der Waals surface area (Å²) in [4.78, 5) is 11.8. The van der Waals surface area contributed by atoms with Gasteiger partial charge in [-0.15, -0.1) is 0 Å². The van der Waals surface area contributed by atoms with Gasteiger partial charge in [0.1, 0.15) is 0 Å². The van der Waals surface area contributed by atoms with Gasteiger partial charge < -0.3 is 10.4 Å². The van der Waals surface area contributed by atoms with Gasteiger partial charge in [0.05, 0.1) is 12.5 Å². The molecule has 4 heteroatoms. The van der Waals surface area contributed by atoms with Crippen LogP contribution in [0.25, 0.3) is 0 Å². The van der Waals surface area contributed by atoms with E-state index in [9.17, 15) is 9.90 Å². The van der Waals surface area contributed by atoms with Crippen molar-refractivity contribution in [2.45, 2.75) is 18.9 Å². The molecule has 2 N–H and O–H groups in total. The fraction of sp³-hybridized carbons (Fsp3) is 0.235. The van der Waals surface area contributed by atoms with Crippen LogP contribution < -0.4 is 5.32 Å². The summed E-state index contributed by atoms with van der Waals surface area (Å²) >= 11 is 5.80. The molecule has 2 aromatic rings. The molecule has 1 amide bonds. The molecule has 0 spiro atoms. The van der Waals surface area contributed by atoms with Crippen LogP contribution in [0, 0.1) is 0 Å². The van der Waals surface area contributed by atoms with E-state index in [-0.39, 0.29) is 5.91 Å². The standard InChI is InChI=1S/C17H18ClNO2/c18-15-8-6-13(7-9-15)12-17(21)19-11-10-16(20)14-4-2-1-3-5-14/h1-9,16,20H,10-12H2,(H,19,21). The average molecular weight is 304 g/mol. The smallest absolute Gasteiger partial charge is 0.224 e. The van der Waals surface area contributed by atoms with Crippen molar-refractivity contribution in [3.05, 3.63) is 70.7 Å². The Kier molecular flexibility index (Phi) is 5.78. The zero-order valence-electron chi connectivity index (χ0n) is 11.6. The number of amides is 1. The molecule has 21 heavy (non-hydrogen) atoms.